The molecule has 20 heavy (non-hydrogen) atoms. The standard InChI is InChI=1S/C13H18N4O3/c1-8-9(2)20-11(15-8)6-14-5-10-7-16(3)13(19)17(4)12(10)18/h7,14H,5-6H2,1-4H3. The van der Waals surface area contributed by atoms with E-state index in [1.165, 1.54) is 11.6 Å². The molecule has 108 valence electrons. The Kier molecular flexibility index (Phi) is 3.89. The SMILES string of the molecule is Cc1nc(CNCc2cn(C)c(=O)n(C)c2=O)oc1C. The summed E-state index contributed by atoms with van der Waals surface area (Å²) in [6, 6.07) is 0. The number of hydrogen-bond donors (Lipinski definition) is 1. The first-order valence-electron chi connectivity index (χ1n) is 6.29. The van der Waals surface area contributed by atoms with Crippen LogP contribution in [0.4, 0.5) is 0 Å². The summed E-state index contributed by atoms with van der Waals surface area (Å²) in [6.45, 7) is 4.52. The minimum atomic E-state index is -0.335. The summed E-state index contributed by atoms with van der Waals surface area (Å²) in [5.74, 6) is 1.38. The van der Waals surface area contributed by atoms with Gasteiger partial charge in [-0.05, 0) is 13.8 Å². The van der Waals surface area contributed by atoms with Crippen molar-refractivity contribution in [2.45, 2.75) is 26.9 Å². The van der Waals surface area contributed by atoms with Gasteiger partial charge in [-0.15, -0.1) is 0 Å². The van der Waals surface area contributed by atoms with Crippen molar-refractivity contribution < 1.29 is 4.42 Å². The van der Waals surface area contributed by atoms with Gasteiger partial charge in [0.2, 0.25) is 5.89 Å². The Morgan fingerprint density at radius 2 is 1.95 bits per heavy atom. The van der Waals surface area contributed by atoms with Crippen molar-refractivity contribution in [3.63, 3.8) is 0 Å². The first kappa shape index (κ1) is 14.3. The van der Waals surface area contributed by atoms with Crippen molar-refractivity contribution >= 4 is 0 Å². The van der Waals surface area contributed by atoms with Gasteiger partial charge in [0.15, 0.2) is 0 Å². The third-order valence-electron chi connectivity index (χ3n) is 3.18. The van der Waals surface area contributed by atoms with Crippen LogP contribution in [0.5, 0.6) is 0 Å². The molecule has 0 fully saturated rings. The smallest absolute Gasteiger partial charge is 0.330 e. The second-order valence-corrected chi connectivity index (χ2v) is 4.76. The average molecular weight is 278 g/mol. The Morgan fingerprint density at radius 1 is 1.25 bits per heavy atom. The Hall–Kier alpha value is -2.15. The number of nitrogens with one attached hydrogen (secondary N) is 1. The fourth-order valence-electron chi connectivity index (χ4n) is 1.92. The first-order chi connectivity index (χ1) is 9.40. The zero-order chi connectivity index (χ0) is 14.9. The number of oxazole rings is 1. The van der Waals surface area contributed by atoms with E-state index < -0.39 is 0 Å². The largest absolute Gasteiger partial charge is 0.444 e. The predicted molar refractivity (Wildman–Crippen MR) is 73.4 cm³/mol. The molecule has 0 amide bonds. The van der Waals surface area contributed by atoms with Gasteiger partial charge in [0.05, 0.1) is 12.2 Å². The lowest BCUT2D eigenvalue weighted by atomic mass is 10.3. The first-order valence-corrected chi connectivity index (χ1v) is 6.29. The van der Waals surface area contributed by atoms with E-state index in [1.54, 1.807) is 13.2 Å². The quantitative estimate of drug-likeness (QED) is 0.850. The van der Waals surface area contributed by atoms with Crippen molar-refractivity contribution in [2.75, 3.05) is 0 Å². The molecule has 0 aliphatic rings. The van der Waals surface area contributed by atoms with E-state index in [9.17, 15) is 9.59 Å². The van der Waals surface area contributed by atoms with Crippen LogP contribution in [-0.4, -0.2) is 14.1 Å². The van der Waals surface area contributed by atoms with Crippen molar-refractivity contribution in [1.29, 1.82) is 0 Å². The molecule has 0 radical (unpaired) electrons. The van der Waals surface area contributed by atoms with E-state index in [0.717, 1.165) is 16.0 Å². The van der Waals surface area contributed by atoms with Crippen LogP contribution in [-0.2, 0) is 27.2 Å². The molecule has 0 aromatic carbocycles. The molecular weight excluding hydrogens is 260 g/mol. The van der Waals surface area contributed by atoms with Crippen LogP contribution in [0.3, 0.4) is 0 Å². The molecule has 0 saturated carbocycles. The summed E-state index contributed by atoms with van der Waals surface area (Å²) in [5.41, 5.74) is 0.757. The summed E-state index contributed by atoms with van der Waals surface area (Å²) >= 11 is 0. The van der Waals surface area contributed by atoms with Crippen LogP contribution in [0.25, 0.3) is 0 Å². The third-order valence-corrected chi connectivity index (χ3v) is 3.18. The van der Waals surface area contributed by atoms with E-state index in [0.29, 0.717) is 24.5 Å². The zero-order valence-corrected chi connectivity index (χ0v) is 12.1. The van der Waals surface area contributed by atoms with Crippen LogP contribution in [0.1, 0.15) is 22.9 Å². The topological polar surface area (TPSA) is 82.1 Å². The molecule has 0 aliphatic heterocycles. The van der Waals surface area contributed by atoms with Crippen molar-refractivity contribution in [2.24, 2.45) is 14.1 Å². The van der Waals surface area contributed by atoms with Crippen molar-refractivity contribution in [1.82, 2.24) is 19.4 Å². The number of aromatic nitrogens is 3. The molecule has 0 unspecified atom stereocenters. The number of aryl methyl sites for hydroxylation is 3. The molecule has 0 atom stereocenters. The van der Waals surface area contributed by atoms with Gasteiger partial charge in [0.1, 0.15) is 5.76 Å². The molecule has 7 nitrogen and oxygen atoms in total. The van der Waals surface area contributed by atoms with E-state index >= 15 is 0 Å². The lowest BCUT2D eigenvalue weighted by Crippen LogP contribution is -2.39. The van der Waals surface area contributed by atoms with Crippen LogP contribution in [0, 0.1) is 13.8 Å². The summed E-state index contributed by atoms with van der Waals surface area (Å²) in [7, 11) is 3.08. The molecule has 2 heterocycles. The summed E-state index contributed by atoms with van der Waals surface area (Å²) in [6.07, 6.45) is 1.55. The highest BCUT2D eigenvalue weighted by Crippen LogP contribution is 2.07. The molecule has 2 aromatic heterocycles. The van der Waals surface area contributed by atoms with Gasteiger partial charge in [0.25, 0.3) is 5.56 Å². The summed E-state index contributed by atoms with van der Waals surface area (Å²) < 4.78 is 7.92. The van der Waals surface area contributed by atoms with Gasteiger partial charge in [-0.25, -0.2) is 9.78 Å². The third kappa shape index (κ3) is 2.72. The summed E-state index contributed by atoms with van der Waals surface area (Å²) in [4.78, 5) is 27.7. The van der Waals surface area contributed by atoms with Gasteiger partial charge in [-0.2, -0.15) is 0 Å². The maximum Gasteiger partial charge on any atom is 0.330 e. The molecule has 0 bridgehead atoms. The molecule has 2 aromatic rings. The predicted octanol–water partition coefficient (Wildman–Crippen LogP) is -0.0214. The number of rotatable bonds is 4. The molecule has 0 saturated heterocycles. The van der Waals surface area contributed by atoms with Crippen LogP contribution >= 0.6 is 0 Å². The van der Waals surface area contributed by atoms with Crippen LogP contribution < -0.4 is 16.6 Å². The van der Waals surface area contributed by atoms with Crippen molar-refractivity contribution in [3.8, 4) is 0 Å². The highest BCUT2D eigenvalue weighted by Gasteiger charge is 2.08. The Bertz CT molecular complexity index is 720. The van der Waals surface area contributed by atoms with E-state index in [1.807, 2.05) is 13.8 Å². The normalized spacial score (nSPS) is 11.0. The van der Waals surface area contributed by atoms with Crippen LogP contribution in [0.2, 0.25) is 0 Å². The van der Waals surface area contributed by atoms with Gasteiger partial charge >= 0.3 is 5.69 Å². The average Bonchev–Trinajstić information content (AvgIpc) is 2.72. The Labute approximate surface area is 115 Å². The van der Waals surface area contributed by atoms with E-state index in [4.69, 9.17) is 4.42 Å². The highest BCUT2D eigenvalue weighted by atomic mass is 16.4. The van der Waals surface area contributed by atoms with Crippen molar-refractivity contribution in [3.05, 3.63) is 49.9 Å². The monoisotopic (exact) mass is 278 g/mol. The minimum absolute atomic E-state index is 0.291. The van der Waals surface area contributed by atoms with Gasteiger partial charge < -0.3 is 14.3 Å². The fraction of sp³-hybridized carbons (Fsp3) is 0.462. The van der Waals surface area contributed by atoms with E-state index in [2.05, 4.69) is 10.3 Å². The number of nitrogens with zero attached hydrogens (tertiary/aromatic N) is 3. The molecule has 1 N–H and O–H groups in total. The van der Waals surface area contributed by atoms with Gasteiger partial charge in [0, 0.05) is 32.4 Å². The second-order valence-electron chi connectivity index (χ2n) is 4.76. The molecule has 0 aliphatic carbocycles. The highest BCUT2D eigenvalue weighted by molar-refractivity contribution is 5.07. The minimum Gasteiger partial charge on any atom is -0.444 e. The second kappa shape index (κ2) is 5.46. The lowest BCUT2D eigenvalue weighted by Gasteiger charge is -2.06. The zero-order valence-electron chi connectivity index (χ0n) is 12.1. The Balaban J connectivity index is 2.08. The Morgan fingerprint density at radius 3 is 2.55 bits per heavy atom. The molecule has 2 rings (SSSR count). The fourth-order valence-corrected chi connectivity index (χ4v) is 1.92. The van der Waals surface area contributed by atoms with Crippen LogP contribution in [0.15, 0.2) is 20.2 Å². The molecular formula is C13H18N4O3. The van der Waals surface area contributed by atoms with E-state index in [-0.39, 0.29) is 11.2 Å². The maximum atomic E-state index is 11.9. The number of hydrogen-bond acceptors (Lipinski definition) is 5. The molecule has 7 heteroatoms. The maximum absolute atomic E-state index is 11.9. The van der Waals surface area contributed by atoms with Gasteiger partial charge in [-0.3, -0.25) is 9.36 Å². The molecule has 0 spiro atoms. The summed E-state index contributed by atoms with van der Waals surface area (Å²) in [5, 5.41) is 3.09. The van der Waals surface area contributed by atoms with Gasteiger partial charge in [-0.1, -0.05) is 0 Å². The lowest BCUT2D eigenvalue weighted by molar-refractivity contribution is 0.447.